The van der Waals surface area contributed by atoms with E-state index < -0.39 is 29.5 Å². The highest BCUT2D eigenvalue weighted by Crippen LogP contribution is 2.67. The van der Waals surface area contributed by atoms with Crippen LogP contribution in [0.5, 0.6) is 0 Å². The first-order valence-electron chi connectivity index (χ1n) is 13.0. The normalized spacial score (nSPS) is 45.8. The van der Waals surface area contributed by atoms with Crippen molar-refractivity contribution >= 4 is 0 Å². The van der Waals surface area contributed by atoms with Crippen LogP contribution in [0.4, 0.5) is 0 Å². The summed E-state index contributed by atoms with van der Waals surface area (Å²) < 4.78 is 0. The standard InChI is InChI=1S/C28H46O5/c1-16(25(2,3)32)15-23(30)28(6,33)22-10-9-18-17-7-8-20-24(31)21(29)12-14-26(20,4)19(17)11-13-27(18,22)5/h8,17-19,21-24,29-33H,1,7,9-15H2,2-6H3. The van der Waals surface area contributed by atoms with Crippen LogP contribution in [0.15, 0.2) is 23.8 Å². The Morgan fingerprint density at radius 3 is 2.36 bits per heavy atom. The Morgan fingerprint density at radius 1 is 1.06 bits per heavy atom. The predicted octanol–water partition coefficient (Wildman–Crippen LogP) is 3.73. The van der Waals surface area contributed by atoms with Gasteiger partial charge in [-0.1, -0.05) is 26.5 Å². The Hall–Kier alpha value is -0.720. The SMILES string of the molecule is C=C(CC(O)C(C)(O)C1CCC2C3CC=C4C(O)C(O)CCC4(C)C3CCC21C)C(C)(C)O. The van der Waals surface area contributed by atoms with Gasteiger partial charge in [0, 0.05) is 0 Å². The molecule has 10 atom stereocenters. The quantitative estimate of drug-likeness (QED) is 0.401. The van der Waals surface area contributed by atoms with Crippen molar-refractivity contribution in [2.45, 2.75) is 115 Å². The molecule has 4 aliphatic rings. The van der Waals surface area contributed by atoms with Gasteiger partial charge in [-0.25, -0.2) is 0 Å². The Labute approximate surface area is 199 Å². The van der Waals surface area contributed by atoms with Crippen LogP contribution in [0.3, 0.4) is 0 Å². The molecule has 0 aromatic rings. The molecule has 0 spiro atoms. The van der Waals surface area contributed by atoms with E-state index in [-0.39, 0.29) is 23.2 Å². The van der Waals surface area contributed by atoms with Crippen LogP contribution in [-0.4, -0.2) is 55.0 Å². The second-order valence-corrected chi connectivity index (χ2v) is 13.0. The summed E-state index contributed by atoms with van der Waals surface area (Å²) in [5.74, 6) is 1.44. The van der Waals surface area contributed by atoms with Gasteiger partial charge in [0.05, 0.1) is 23.4 Å². The highest BCUT2D eigenvalue weighted by molar-refractivity contribution is 5.29. The molecular weight excluding hydrogens is 416 g/mol. The third kappa shape index (κ3) is 3.87. The fourth-order valence-corrected chi connectivity index (χ4v) is 8.60. The van der Waals surface area contributed by atoms with Crippen LogP contribution in [0.25, 0.3) is 0 Å². The molecular formula is C28H46O5. The summed E-state index contributed by atoms with van der Waals surface area (Å²) in [6, 6.07) is 0. The van der Waals surface area contributed by atoms with E-state index in [0.717, 1.165) is 44.1 Å². The molecule has 5 nitrogen and oxygen atoms in total. The van der Waals surface area contributed by atoms with E-state index in [9.17, 15) is 25.5 Å². The maximum absolute atomic E-state index is 11.7. The lowest BCUT2D eigenvalue weighted by atomic mass is 9.46. The van der Waals surface area contributed by atoms with Gasteiger partial charge in [-0.15, -0.1) is 0 Å². The van der Waals surface area contributed by atoms with E-state index >= 15 is 0 Å². The molecule has 0 saturated heterocycles. The lowest BCUT2D eigenvalue weighted by Crippen LogP contribution is -2.57. The minimum atomic E-state index is -1.25. The Morgan fingerprint density at radius 2 is 1.73 bits per heavy atom. The molecule has 0 radical (unpaired) electrons. The molecule has 5 heteroatoms. The minimum absolute atomic E-state index is 0.0162. The summed E-state index contributed by atoms with van der Waals surface area (Å²) in [5.41, 5.74) is -0.877. The second-order valence-electron chi connectivity index (χ2n) is 13.0. The van der Waals surface area contributed by atoms with Crippen molar-refractivity contribution in [1.29, 1.82) is 0 Å². The van der Waals surface area contributed by atoms with Gasteiger partial charge in [-0.3, -0.25) is 0 Å². The predicted molar refractivity (Wildman–Crippen MR) is 129 cm³/mol. The molecule has 0 aromatic carbocycles. The van der Waals surface area contributed by atoms with E-state index in [4.69, 9.17) is 0 Å². The number of hydrogen-bond acceptors (Lipinski definition) is 5. The zero-order valence-electron chi connectivity index (χ0n) is 21.2. The van der Waals surface area contributed by atoms with Gasteiger partial charge in [0.1, 0.15) is 6.10 Å². The highest BCUT2D eigenvalue weighted by Gasteiger charge is 2.63. The Kier molecular flexibility index (Phi) is 6.28. The maximum atomic E-state index is 11.7. The fourth-order valence-electron chi connectivity index (χ4n) is 8.60. The number of fused-ring (bicyclic) bond motifs is 5. The zero-order chi connectivity index (χ0) is 24.6. The molecule has 0 aliphatic heterocycles. The van der Waals surface area contributed by atoms with Gasteiger partial charge in [-0.05, 0) is 118 Å². The number of aliphatic hydroxyl groups is 5. The molecule has 0 bridgehead atoms. The zero-order valence-corrected chi connectivity index (χ0v) is 21.2. The van der Waals surface area contributed by atoms with E-state index in [0.29, 0.717) is 29.7 Å². The van der Waals surface area contributed by atoms with Crippen LogP contribution in [-0.2, 0) is 0 Å². The topological polar surface area (TPSA) is 101 Å². The molecule has 10 unspecified atom stereocenters. The van der Waals surface area contributed by atoms with E-state index in [1.165, 1.54) is 0 Å². The first-order chi connectivity index (χ1) is 15.1. The summed E-state index contributed by atoms with van der Waals surface area (Å²) >= 11 is 0. The first-order valence-corrected chi connectivity index (χ1v) is 13.0. The summed E-state index contributed by atoms with van der Waals surface area (Å²) in [7, 11) is 0. The Bertz CT molecular complexity index is 810. The van der Waals surface area contributed by atoms with Gasteiger partial charge in [0.25, 0.3) is 0 Å². The summed E-state index contributed by atoms with van der Waals surface area (Å²) in [5, 5.41) is 53.9. The van der Waals surface area contributed by atoms with Gasteiger partial charge in [0.15, 0.2) is 0 Å². The highest BCUT2D eigenvalue weighted by atomic mass is 16.3. The van der Waals surface area contributed by atoms with Crippen LogP contribution in [0.1, 0.15) is 86.0 Å². The average Bonchev–Trinajstić information content (AvgIpc) is 3.08. The lowest BCUT2D eigenvalue weighted by Gasteiger charge is -2.59. The molecule has 3 fully saturated rings. The smallest absolute Gasteiger partial charge is 0.101 e. The summed E-state index contributed by atoms with van der Waals surface area (Å²) in [6.07, 6.45) is 6.50. The maximum Gasteiger partial charge on any atom is 0.101 e. The summed E-state index contributed by atoms with van der Waals surface area (Å²) in [6.45, 7) is 13.7. The van der Waals surface area contributed by atoms with Gasteiger partial charge >= 0.3 is 0 Å². The molecule has 0 heterocycles. The largest absolute Gasteiger partial charge is 0.390 e. The molecule has 33 heavy (non-hydrogen) atoms. The van der Waals surface area contributed by atoms with Crippen LogP contribution in [0, 0.1) is 34.5 Å². The molecule has 0 aromatic heterocycles. The van der Waals surface area contributed by atoms with Crippen molar-refractivity contribution < 1.29 is 25.5 Å². The van der Waals surface area contributed by atoms with Gasteiger partial charge in [-0.2, -0.15) is 0 Å². The van der Waals surface area contributed by atoms with Crippen LogP contribution in [0.2, 0.25) is 0 Å². The first kappa shape index (κ1) is 25.4. The average molecular weight is 463 g/mol. The summed E-state index contributed by atoms with van der Waals surface area (Å²) in [4.78, 5) is 0. The molecule has 0 amide bonds. The van der Waals surface area contributed by atoms with Crippen molar-refractivity contribution in [2.75, 3.05) is 0 Å². The third-order valence-corrected chi connectivity index (χ3v) is 10.9. The molecule has 5 N–H and O–H groups in total. The molecule has 3 saturated carbocycles. The number of allylic oxidation sites excluding steroid dienone is 1. The monoisotopic (exact) mass is 462 g/mol. The van der Waals surface area contributed by atoms with Crippen molar-refractivity contribution in [2.24, 2.45) is 34.5 Å². The number of rotatable bonds is 5. The van der Waals surface area contributed by atoms with E-state index in [2.05, 4.69) is 26.5 Å². The van der Waals surface area contributed by atoms with Crippen molar-refractivity contribution in [3.8, 4) is 0 Å². The minimum Gasteiger partial charge on any atom is -0.390 e. The van der Waals surface area contributed by atoms with Crippen LogP contribution >= 0.6 is 0 Å². The van der Waals surface area contributed by atoms with Crippen LogP contribution < -0.4 is 0 Å². The molecule has 4 aliphatic carbocycles. The van der Waals surface area contributed by atoms with Gasteiger partial charge < -0.3 is 25.5 Å². The molecule has 188 valence electrons. The molecule has 4 rings (SSSR count). The fraction of sp³-hybridized carbons (Fsp3) is 0.857. The van der Waals surface area contributed by atoms with E-state index in [1.54, 1.807) is 20.8 Å². The second kappa shape index (κ2) is 8.16. The number of hydrogen-bond donors (Lipinski definition) is 5. The van der Waals surface area contributed by atoms with Crippen molar-refractivity contribution in [3.63, 3.8) is 0 Å². The van der Waals surface area contributed by atoms with Crippen molar-refractivity contribution in [1.82, 2.24) is 0 Å². The Balaban J connectivity index is 1.57. The lowest BCUT2D eigenvalue weighted by molar-refractivity contribution is -0.151. The van der Waals surface area contributed by atoms with E-state index in [1.807, 2.05) is 0 Å². The van der Waals surface area contributed by atoms with Crippen molar-refractivity contribution in [3.05, 3.63) is 23.8 Å². The third-order valence-electron chi connectivity index (χ3n) is 10.9. The van der Waals surface area contributed by atoms with Gasteiger partial charge in [0.2, 0.25) is 0 Å². The number of aliphatic hydroxyl groups excluding tert-OH is 3.